The van der Waals surface area contributed by atoms with Crippen LogP contribution in [0, 0.1) is 0 Å². The minimum Gasteiger partial charge on any atom is -0.207 e. The summed E-state index contributed by atoms with van der Waals surface area (Å²) >= 11 is 15.2. The molecule has 3 nitrogen and oxygen atoms in total. The monoisotopic (exact) mass is 371 g/mol. The molecule has 0 radical (unpaired) electrons. The highest BCUT2D eigenvalue weighted by Crippen LogP contribution is 2.36. The minimum atomic E-state index is -3.69. The summed E-state index contributed by atoms with van der Waals surface area (Å²) in [5, 5.41) is 0.231. The number of hydrogen-bond donors (Lipinski definition) is 1. The number of benzene rings is 1. The summed E-state index contributed by atoms with van der Waals surface area (Å²) in [4.78, 5) is -0.0536. The van der Waals surface area contributed by atoms with E-state index >= 15 is 0 Å². The molecule has 0 unspecified atom stereocenters. The summed E-state index contributed by atoms with van der Waals surface area (Å²) in [6.45, 7) is 1.88. The molecule has 0 amide bonds. The number of sulfonamides is 1. The van der Waals surface area contributed by atoms with Crippen molar-refractivity contribution in [2.24, 2.45) is 0 Å². The zero-order valence-corrected chi connectivity index (χ0v) is 13.5. The Morgan fingerprint density at radius 2 is 1.78 bits per heavy atom. The Kier molecular flexibility index (Phi) is 4.01. The maximum absolute atomic E-state index is 12.3. The third kappa shape index (κ3) is 2.85. The molecule has 1 fully saturated rings. The van der Waals surface area contributed by atoms with Gasteiger partial charge in [0.25, 0.3) is 0 Å². The molecule has 100 valence electrons. The molecule has 0 aliphatic heterocycles. The fourth-order valence-corrected chi connectivity index (χ4v) is 5.37. The first-order valence-electron chi connectivity index (χ1n) is 5.42. The van der Waals surface area contributed by atoms with Crippen molar-refractivity contribution in [2.45, 2.75) is 36.6 Å². The summed E-state index contributed by atoms with van der Waals surface area (Å²) in [7, 11) is -3.69. The zero-order valence-electron chi connectivity index (χ0n) is 9.63. The third-order valence-corrected chi connectivity index (χ3v) is 6.09. The van der Waals surface area contributed by atoms with Gasteiger partial charge in [-0.2, -0.15) is 0 Å². The maximum Gasteiger partial charge on any atom is 0.244 e. The lowest BCUT2D eigenvalue weighted by molar-refractivity contribution is 0.248. The number of rotatable bonds is 3. The first-order valence-corrected chi connectivity index (χ1v) is 8.45. The number of halogens is 3. The van der Waals surface area contributed by atoms with Gasteiger partial charge in [0.1, 0.15) is 4.90 Å². The molecular formula is C11H12BrCl2NO2S. The van der Waals surface area contributed by atoms with Gasteiger partial charge >= 0.3 is 0 Å². The minimum absolute atomic E-state index is 0.0536. The molecule has 0 aromatic heterocycles. The third-order valence-electron chi connectivity index (χ3n) is 3.07. The van der Waals surface area contributed by atoms with Gasteiger partial charge in [0.05, 0.1) is 10.0 Å². The van der Waals surface area contributed by atoms with E-state index in [0.29, 0.717) is 4.47 Å². The van der Waals surface area contributed by atoms with E-state index in [1.54, 1.807) is 0 Å². The van der Waals surface area contributed by atoms with Crippen molar-refractivity contribution in [3.8, 4) is 0 Å². The van der Waals surface area contributed by atoms with E-state index in [1.807, 2.05) is 6.92 Å². The Morgan fingerprint density at radius 1 is 1.28 bits per heavy atom. The second-order valence-electron chi connectivity index (χ2n) is 4.72. The molecule has 1 aromatic carbocycles. The molecule has 0 bridgehead atoms. The van der Waals surface area contributed by atoms with Crippen molar-refractivity contribution in [1.29, 1.82) is 0 Å². The Hall–Kier alpha value is 0.190. The SMILES string of the molecule is CC1(NS(=O)(=O)c2c(Cl)cc(Br)cc2Cl)CCC1. The summed E-state index contributed by atoms with van der Waals surface area (Å²) in [5.74, 6) is 0. The topological polar surface area (TPSA) is 46.2 Å². The second-order valence-corrected chi connectivity index (χ2v) is 8.07. The largest absolute Gasteiger partial charge is 0.244 e. The average molecular weight is 373 g/mol. The van der Waals surface area contributed by atoms with E-state index in [4.69, 9.17) is 23.2 Å². The normalized spacial score (nSPS) is 18.4. The molecule has 1 N–H and O–H groups in total. The lowest BCUT2D eigenvalue weighted by Gasteiger charge is -2.38. The molecule has 1 aromatic rings. The van der Waals surface area contributed by atoms with Gasteiger partial charge < -0.3 is 0 Å². The van der Waals surface area contributed by atoms with Gasteiger partial charge in [-0.05, 0) is 38.3 Å². The van der Waals surface area contributed by atoms with Crippen LogP contribution in [0.3, 0.4) is 0 Å². The van der Waals surface area contributed by atoms with E-state index in [2.05, 4.69) is 20.7 Å². The predicted octanol–water partition coefficient (Wildman–Crippen LogP) is 3.98. The van der Waals surface area contributed by atoms with E-state index in [1.165, 1.54) is 12.1 Å². The van der Waals surface area contributed by atoms with Crippen molar-refractivity contribution < 1.29 is 8.42 Å². The van der Waals surface area contributed by atoms with Crippen LogP contribution in [-0.4, -0.2) is 14.0 Å². The molecule has 0 spiro atoms. The van der Waals surface area contributed by atoms with Crippen LogP contribution in [0.5, 0.6) is 0 Å². The van der Waals surface area contributed by atoms with Crippen LogP contribution in [0.4, 0.5) is 0 Å². The van der Waals surface area contributed by atoms with E-state index in [-0.39, 0.29) is 20.5 Å². The number of hydrogen-bond acceptors (Lipinski definition) is 2. The van der Waals surface area contributed by atoms with Gasteiger partial charge in [-0.1, -0.05) is 39.1 Å². The second kappa shape index (κ2) is 4.94. The molecule has 1 aliphatic carbocycles. The van der Waals surface area contributed by atoms with E-state index in [9.17, 15) is 8.42 Å². The molecule has 7 heteroatoms. The van der Waals surface area contributed by atoms with Crippen LogP contribution in [0.25, 0.3) is 0 Å². The fourth-order valence-electron chi connectivity index (χ4n) is 1.97. The predicted molar refractivity (Wildman–Crippen MR) is 76.7 cm³/mol. The van der Waals surface area contributed by atoms with Gasteiger partial charge in [-0.15, -0.1) is 0 Å². The molecule has 0 heterocycles. The van der Waals surface area contributed by atoms with Crippen LogP contribution < -0.4 is 4.72 Å². The molecule has 1 aliphatic rings. The Bertz CT molecular complexity index is 562. The fraction of sp³-hybridized carbons (Fsp3) is 0.455. The zero-order chi connectivity index (χ0) is 13.6. The van der Waals surface area contributed by atoms with Crippen LogP contribution in [0.15, 0.2) is 21.5 Å². The van der Waals surface area contributed by atoms with Crippen molar-refractivity contribution >= 4 is 49.2 Å². The Labute approximate surface area is 125 Å². The van der Waals surface area contributed by atoms with Crippen LogP contribution in [0.1, 0.15) is 26.2 Å². The lowest BCUT2D eigenvalue weighted by atomic mass is 9.80. The van der Waals surface area contributed by atoms with Gasteiger partial charge in [-0.3, -0.25) is 0 Å². The molecule has 2 rings (SSSR count). The summed E-state index contributed by atoms with van der Waals surface area (Å²) in [6.07, 6.45) is 2.69. The van der Waals surface area contributed by atoms with Gasteiger partial charge in [0.2, 0.25) is 10.0 Å². The van der Waals surface area contributed by atoms with Crippen molar-refractivity contribution in [2.75, 3.05) is 0 Å². The van der Waals surface area contributed by atoms with Crippen molar-refractivity contribution in [1.82, 2.24) is 4.72 Å². The maximum atomic E-state index is 12.3. The highest BCUT2D eigenvalue weighted by molar-refractivity contribution is 9.10. The average Bonchev–Trinajstić information content (AvgIpc) is 2.11. The standard InChI is InChI=1S/C11H12BrCl2NO2S/c1-11(3-2-4-11)15-18(16,17)10-8(13)5-7(12)6-9(10)14/h5-6,15H,2-4H2,1H3. The van der Waals surface area contributed by atoms with Crippen LogP contribution in [0.2, 0.25) is 10.0 Å². The first kappa shape index (κ1) is 14.6. The highest BCUT2D eigenvalue weighted by Gasteiger charge is 2.37. The number of nitrogens with one attached hydrogen (secondary N) is 1. The van der Waals surface area contributed by atoms with Gasteiger partial charge in [0.15, 0.2) is 0 Å². The summed E-state index contributed by atoms with van der Waals surface area (Å²) < 4.78 is 27.9. The smallest absolute Gasteiger partial charge is 0.207 e. The highest BCUT2D eigenvalue weighted by atomic mass is 79.9. The quantitative estimate of drug-likeness (QED) is 0.872. The Morgan fingerprint density at radius 3 is 2.17 bits per heavy atom. The molecule has 1 saturated carbocycles. The first-order chi connectivity index (χ1) is 8.23. The summed E-state index contributed by atoms with van der Waals surface area (Å²) in [6, 6.07) is 3.04. The van der Waals surface area contributed by atoms with Gasteiger partial charge in [-0.25, -0.2) is 13.1 Å². The Balaban J connectivity index is 2.41. The van der Waals surface area contributed by atoms with Gasteiger partial charge in [0, 0.05) is 10.0 Å². The lowest BCUT2D eigenvalue weighted by Crippen LogP contribution is -2.50. The molecule has 18 heavy (non-hydrogen) atoms. The molecule has 0 atom stereocenters. The molecule has 0 saturated heterocycles. The van der Waals surface area contributed by atoms with Crippen LogP contribution >= 0.6 is 39.1 Å². The summed E-state index contributed by atoms with van der Waals surface area (Å²) in [5.41, 5.74) is -0.376. The van der Waals surface area contributed by atoms with E-state index in [0.717, 1.165) is 19.3 Å². The van der Waals surface area contributed by atoms with Crippen LogP contribution in [-0.2, 0) is 10.0 Å². The van der Waals surface area contributed by atoms with E-state index < -0.39 is 10.0 Å². The molecular weight excluding hydrogens is 361 g/mol. The van der Waals surface area contributed by atoms with Crippen molar-refractivity contribution in [3.63, 3.8) is 0 Å². The van der Waals surface area contributed by atoms with Crippen molar-refractivity contribution in [3.05, 3.63) is 26.7 Å².